The van der Waals surface area contributed by atoms with Crippen molar-refractivity contribution in [1.29, 1.82) is 0 Å². The highest BCUT2D eigenvalue weighted by Crippen LogP contribution is 2.23. The van der Waals surface area contributed by atoms with E-state index in [0.717, 1.165) is 4.57 Å². The Hall–Kier alpha value is -3.63. The van der Waals surface area contributed by atoms with Gasteiger partial charge in [0.15, 0.2) is 11.2 Å². The maximum Gasteiger partial charge on any atom is 0.332 e. The van der Waals surface area contributed by atoms with Gasteiger partial charge in [-0.2, -0.15) is 4.98 Å². The second-order valence-electron chi connectivity index (χ2n) is 7.75. The molecule has 1 aromatic carbocycles. The van der Waals surface area contributed by atoms with Crippen molar-refractivity contribution < 1.29 is 4.79 Å². The number of carbonyl (C=O) groups is 1. The number of nitrogens with one attached hydrogen (secondary N) is 1. The summed E-state index contributed by atoms with van der Waals surface area (Å²) in [6.07, 6.45) is 0.588. The van der Waals surface area contributed by atoms with Gasteiger partial charge in [-0.3, -0.25) is 18.7 Å². The Balaban J connectivity index is 1.73. The zero-order valence-electron chi connectivity index (χ0n) is 18.4. The van der Waals surface area contributed by atoms with Crippen LogP contribution in [0, 0.1) is 0 Å². The number of carbonyl (C=O) groups excluding carboxylic acids is 1. The third-order valence-corrected chi connectivity index (χ3v) is 6.10. The molecule has 0 radical (unpaired) electrons. The summed E-state index contributed by atoms with van der Waals surface area (Å²) < 4.78 is 4.01. The largest absolute Gasteiger partial charge is 0.370 e. The molecule has 0 bridgehead atoms. The molecule has 0 aliphatic heterocycles. The van der Waals surface area contributed by atoms with Gasteiger partial charge in [0, 0.05) is 26.2 Å². The summed E-state index contributed by atoms with van der Waals surface area (Å²) in [6.45, 7) is 0.0236. The number of aromatic nitrogens is 5. The van der Waals surface area contributed by atoms with Crippen LogP contribution in [-0.2, 0) is 31.9 Å². The molecule has 0 aliphatic carbocycles. The second-order valence-corrected chi connectivity index (χ2v) is 8.57. The first-order valence-corrected chi connectivity index (χ1v) is 11.0. The molecular weight excluding hydrogens is 481 g/mol. The van der Waals surface area contributed by atoms with Crippen molar-refractivity contribution in [2.24, 2.45) is 19.8 Å². The molecule has 176 valence electrons. The number of aryl methyl sites for hydroxylation is 3. The van der Waals surface area contributed by atoms with Gasteiger partial charge in [-0.05, 0) is 36.2 Å². The van der Waals surface area contributed by atoms with E-state index in [4.69, 9.17) is 28.9 Å². The third-order valence-electron chi connectivity index (χ3n) is 5.36. The quantitative estimate of drug-likeness (QED) is 0.399. The molecule has 0 spiro atoms. The van der Waals surface area contributed by atoms with Crippen LogP contribution >= 0.6 is 23.2 Å². The molecule has 0 atom stereocenters. The zero-order valence-corrected chi connectivity index (χ0v) is 19.9. The molecule has 0 unspecified atom stereocenters. The fourth-order valence-corrected chi connectivity index (χ4v) is 3.89. The van der Waals surface area contributed by atoms with Crippen LogP contribution < -0.4 is 22.3 Å². The standard InChI is InChI=1S/C22H21Cl2N7O3/c1-29-18-19(28-21(29)27-17-5-3-4-13(26-17)7-9-16(25)32)30(2)22(34)31(20(18)33)11-12-6-8-14(23)15(24)10-12/h3-6,8,10H,7,9,11H2,1-2H3,(H2,25,32)(H,26,27,28). The number of hydrogen-bond acceptors (Lipinski definition) is 6. The Morgan fingerprint density at radius 3 is 2.53 bits per heavy atom. The van der Waals surface area contributed by atoms with Gasteiger partial charge in [-0.25, -0.2) is 9.78 Å². The summed E-state index contributed by atoms with van der Waals surface area (Å²) in [4.78, 5) is 46.2. The van der Waals surface area contributed by atoms with Gasteiger partial charge in [0.2, 0.25) is 11.9 Å². The number of benzene rings is 1. The van der Waals surface area contributed by atoms with E-state index in [-0.39, 0.29) is 24.1 Å². The Labute approximate surface area is 203 Å². The van der Waals surface area contributed by atoms with E-state index in [1.165, 1.54) is 4.57 Å². The number of fused-ring (bicyclic) bond motifs is 1. The average Bonchev–Trinajstić information content (AvgIpc) is 3.12. The predicted octanol–water partition coefficient (Wildman–Crippen LogP) is 2.35. The fourth-order valence-electron chi connectivity index (χ4n) is 3.57. The summed E-state index contributed by atoms with van der Waals surface area (Å²) in [5.41, 5.74) is 6.02. The van der Waals surface area contributed by atoms with Crippen molar-refractivity contribution in [3.8, 4) is 0 Å². The van der Waals surface area contributed by atoms with E-state index in [9.17, 15) is 14.4 Å². The van der Waals surface area contributed by atoms with Crippen molar-refractivity contribution in [1.82, 2.24) is 23.7 Å². The van der Waals surface area contributed by atoms with Gasteiger partial charge in [-0.15, -0.1) is 0 Å². The number of anilines is 2. The lowest BCUT2D eigenvalue weighted by Crippen LogP contribution is -2.39. The van der Waals surface area contributed by atoms with Crippen molar-refractivity contribution in [2.75, 3.05) is 5.32 Å². The highest BCUT2D eigenvalue weighted by atomic mass is 35.5. The van der Waals surface area contributed by atoms with Crippen LogP contribution in [0.4, 0.5) is 11.8 Å². The van der Waals surface area contributed by atoms with Crippen LogP contribution in [0.3, 0.4) is 0 Å². The smallest absolute Gasteiger partial charge is 0.332 e. The summed E-state index contributed by atoms with van der Waals surface area (Å²) in [5, 5.41) is 3.80. The molecule has 1 amide bonds. The number of hydrogen-bond donors (Lipinski definition) is 2. The number of pyridine rings is 1. The molecule has 3 N–H and O–H groups in total. The van der Waals surface area contributed by atoms with Gasteiger partial charge in [0.1, 0.15) is 5.82 Å². The minimum absolute atomic E-state index is 0.0236. The molecule has 34 heavy (non-hydrogen) atoms. The number of imidazole rings is 1. The molecule has 3 aromatic heterocycles. The molecule has 3 heterocycles. The maximum absolute atomic E-state index is 13.3. The van der Waals surface area contributed by atoms with Crippen LogP contribution in [0.15, 0.2) is 46.0 Å². The molecule has 10 nitrogen and oxygen atoms in total. The molecular formula is C22H21Cl2N7O3. The minimum atomic E-state index is -0.514. The molecule has 4 rings (SSSR count). The predicted molar refractivity (Wildman–Crippen MR) is 131 cm³/mol. The van der Waals surface area contributed by atoms with Gasteiger partial charge in [0.25, 0.3) is 5.56 Å². The highest BCUT2D eigenvalue weighted by Gasteiger charge is 2.19. The molecule has 4 aromatic rings. The molecule has 12 heteroatoms. The van der Waals surface area contributed by atoms with E-state index >= 15 is 0 Å². The van der Waals surface area contributed by atoms with Crippen molar-refractivity contribution in [2.45, 2.75) is 19.4 Å². The molecule has 0 saturated heterocycles. The summed E-state index contributed by atoms with van der Waals surface area (Å²) in [6, 6.07) is 10.2. The maximum atomic E-state index is 13.3. The number of amides is 1. The lowest BCUT2D eigenvalue weighted by Gasteiger charge is -2.09. The van der Waals surface area contributed by atoms with Crippen molar-refractivity contribution in [3.05, 3.63) is 78.5 Å². The van der Waals surface area contributed by atoms with Crippen molar-refractivity contribution in [3.63, 3.8) is 0 Å². The fraction of sp³-hybridized carbons (Fsp3) is 0.227. The highest BCUT2D eigenvalue weighted by molar-refractivity contribution is 6.42. The van der Waals surface area contributed by atoms with E-state index in [1.54, 1.807) is 55.1 Å². The molecule has 0 aliphatic rings. The third kappa shape index (κ3) is 4.55. The van der Waals surface area contributed by atoms with E-state index < -0.39 is 17.2 Å². The number of nitrogens with zero attached hydrogens (tertiary/aromatic N) is 5. The van der Waals surface area contributed by atoms with E-state index in [2.05, 4.69) is 15.3 Å². The first-order valence-electron chi connectivity index (χ1n) is 10.3. The van der Waals surface area contributed by atoms with Crippen LogP contribution in [-0.4, -0.2) is 29.6 Å². The van der Waals surface area contributed by atoms with Gasteiger partial charge in [-0.1, -0.05) is 35.3 Å². The van der Waals surface area contributed by atoms with Crippen LogP contribution in [0.2, 0.25) is 10.0 Å². The van der Waals surface area contributed by atoms with Crippen molar-refractivity contribution >= 4 is 52.0 Å². The number of nitrogens with two attached hydrogens (primary N) is 1. The van der Waals surface area contributed by atoms with E-state index in [0.29, 0.717) is 39.5 Å². The van der Waals surface area contributed by atoms with Crippen LogP contribution in [0.1, 0.15) is 17.7 Å². The van der Waals surface area contributed by atoms with Crippen LogP contribution in [0.5, 0.6) is 0 Å². The molecule has 0 saturated carbocycles. The second kappa shape index (κ2) is 9.32. The summed E-state index contributed by atoms with van der Waals surface area (Å²) in [7, 11) is 3.22. The Bertz CT molecular complexity index is 1540. The normalized spacial score (nSPS) is 11.2. The first kappa shape index (κ1) is 23.5. The van der Waals surface area contributed by atoms with Crippen LogP contribution in [0.25, 0.3) is 11.2 Å². The SMILES string of the molecule is Cn1c(Nc2cccc(CCC(N)=O)n2)nc2c1c(=O)n(Cc1ccc(Cl)c(Cl)c1)c(=O)n2C. The number of halogens is 2. The summed E-state index contributed by atoms with van der Waals surface area (Å²) in [5.74, 6) is 0.393. The minimum Gasteiger partial charge on any atom is -0.370 e. The zero-order chi connectivity index (χ0) is 24.6. The lowest BCUT2D eigenvalue weighted by atomic mass is 10.2. The summed E-state index contributed by atoms with van der Waals surface area (Å²) >= 11 is 12.1. The number of rotatable bonds is 7. The average molecular weight is 502 g/mol. The Kier molecular flexibility index (Phi) is 6.45. The monoisotopic (exact) mass is 501 g/mol. The number of primary amides is 1. The first-order chi connectivity index (χ1) is 16.2. The van der Waals surface area contributed by atoms with Gasteiger partial charge < -0.3 is 15.6 Å². The Morgan fingerprint density at radius 1 is 1.06 bits per heavy atom. The topological polar surface area (TPSA) is 130 Å². The van der Waals surface area contributed by atoms with Gasteiger partial charge in [0.05, 0.1) is 16.6 Å². The Morgan fingerprint density at radius 2 is 1.82 bits per heavy atom. The lowest BCUT2D eigenvalue weighted by molar-refractivity contribution is -0.118. The molecule has 0 fully saturated rings. The van der Waals surface area contributed by atoms with E-state index in [1.807, 2.05) is 0 Å². The van der Waals surface area contributed by atoms with Gasteiger partial charge >= 0.3 is 5.69 Å².